The summed E-state index contributed by atoms with van der Waals surface area (Å²) in [5, 5.41) is 7.17. The van der Waals surface area contributed by atoms with Crippen LogP contribution in [-0.4, -0.2) is 63.5 Å². The summed E-state index contributed by atoms with van der Waals surface area (Å²) in [7, 11) is 2.90. The number of pyridine rings is 1. The predicted octanol–water partition coefficient (Wildman–Crippen LogP) is 5.32. The van der Waals surface area contributed by atoms with Gasteiger partial charge in [-0.15, -0.1) is 5.10 Å². The molecule has 1 fully saturated rings. The van der Waals surface area contributed by atoms with Gasteiger partial charge >= 0.3 is 5.69 Å². The first-order valence-electron chi connectivity index (χ1n) is 14.8. The Labute approximate surface area is 262 Å². The monoisotopic (exact) mass is 630 g/mol. The molecule has 3 aromatic carbocycles. The highest BCUT2D eigenvalue weighted by molar-refractivity contribution is 6.01. The normalized spacial score (nSPS) is 13.2. The Balaban J connectivity index is 1.16. The van der Waals surface area contributed by atoms with Crippen molar-refractivity contribution in [2.24, 2.45) is 7.05 Å². The number of likely N-dealkylation sites (tertiary alicyclic amines) is 1. The van der Waals surface area contributed by atoms with Crippen molar-refractivity contribution >= 4 is 22.5 Å². The molecule has 5 aromatic rings. The van der Waals surface area contributed by atoms with Crippen LogP contribution in [0.2, 0.25) is 0 Å². The first-order valence-corrected chi connectivity index (χ1v) is 14.8. The molecule has 11 nitrogen and oxygen atoms in total. The van der Waals surface area contributed by atoms with E-state index in [-0.39, 0.29) is 22.9 Å². The molecule has 0 bridgehead atoms. The van der Waals surface area contributed by atoms with Gasteiger partial charge < -0.3 is 24.4 Å². The van der Waals surface area contributed by atoms with Gasteiger partial charge in [-0.05, 0) is 74.8 Å². The number of methoxy groups -OCH3 is 1. The number of nitrogens with one attached hydrogen (secondary N) is 1. The van der Waals surface area contributed by atoms with Crippen molar-refractivity contribution in [3.8, 4) is 28.7 Å². The summed E-state index contributed by atoms with van der Waals surface area (Å²) in [6.07, 6.45) is 4.94. The topological polar surface area (TPSA) is 113 Å². The molecule has 0 radical (unpaired) electrons. The maximum atomic E-state index is 15.2. The Hall–Kier alpha value is -5.30. The minimum absolute atomic E-state index is 0.0884. The van der Waals surface area contributed by atoms with Crippen LogP contribution >= 0.6 is 0 Å². The zero-order valence-electron chi connectivity index (χ0n) is 25.3. The largest absolute Gasteiger partial charge is 0.493 e. The first-order chi connectivity index (χ1) is 22.3. The highest BCUT2D eigenvalue weighted by Crippen LogP contribution is 2.38. The highest BCUT2D eigenvalue weighted by Gasteiger charge is 2.20. The number of ether oxygens (including phenoxy) is 3. The second kappa shape index (κ2) is 13.4. The third kappa shape index (κ3) is 6.54. The Kier molecular flexibility index (Phi) is 8.92. The number of anilines is 1. The van der Waals surface area contributed by atoms with Crippen molar-refractivity contribution in [2.45, 2.75) is 19.3 Å². The fourth-order valence-electron chi connectivity index (χ4n) is 5.34. The quantitative estimate of drug-likeness (QED) is 0.195. The molecular weight excluding hydrogens is 598 g/mol. The number of rotatable bonds is 11. The summed E-state index contributed by atoms with van der Waals surface area (Å²) in [6, 6.07) is 14.3. The summed E-state index contributed by atoms with van der Waals surface area (Å²) < 4.78 is 48.4. The molecule has 1 saturated heterocycles. The number of carbonyl (C=O) groups excluding carboxylic acids is 1. The second-order valence-electron chi connectivity index (χ2n) is 10.8. The molecule has 6 rings (SSSR count). The SMILES string of the molecule is COc1cc2c(Oc3ccc(NC(=O)c4nn(-c5cccc(F)c5)c(=O)n4C)cc3F)ccnc2cc1OCCCN1CCCC1. The smallest absolute Gasteiger partial charge is 0.350 e. The van der Waals surface area contributed by atoms with E-state index in [2.05, 4.69) is 20.3 Å². The molecule has 1 N–H and O–H groups in total. The van der Waals surface area contributed by atoms with Gasteiger partial charge in [0.15, 0.2) is 23.1 Å². The van der Waals surface area contributed by atoms with E-state index in [1.54, 1.807) is 31.5 Å². The Bertz CT molecular complexity index is 1950. The van der Waals surface area contributed by atoms with Gasteiger partial charge in [0.1, 0.15) is 11.6 Å². The van der Waals surface area contributed by atoms with Crippen LogP contribution in [0.15, 0.2) is 71.7 Å². The van der Waals surface area contributed by atoms with Crippen LogP contribution in [0.1, 0.15) is 29.9 Å². The Morgan fingerprint density at radius 2 is 1.80 bits per heavy atom. The molecule has 13 heteroatoms. The van der Waals surface area contributed by atoms with Crippen molar-refractivity contribution < 1.29 is 27.8 Å². The van der Waals surface area contributed by atoms with E-state index >= 15 is 4.39 Å². The van der Waals surface area contributed by atoms with E-state index < -0.39 is 23.2 Å². The zero-order valence-corrected chi connectivity index (χ0v) is 25.3. The number of carbonyl (C=O) groups is 1. The molecular formula is C33H32F2N6O5. The lowest BCUT2D eigenvalue weighted by Gasteiger charge is -2.16. The zero-order chi connectivity index (χ0) is 32.2. The maximum Gasteiger partial charge on any atom is 0.350 e. The van der Waals surface area contributed by atoms with Gasteiger partial charge in [0.25, 0.3) is 5.91 Å². The fraction of sp³-hybridized carbons (Fsp3) is 0.273. The predicted molar refractivity (Wildman–Crippen MR) is 167 cm³/mol. The van der Waals surface area contributed by atoms with Crippen LogP contribution in [0, 0.1) is 11.6 Å². The lowest BCUT2D eigenvalue weighted by molar-refractivity contribution is 0.101. The van der Waals surface area contributed by atoms with E-state index in [9.17, 15) is 14.0 Å². The average Bonchev–Trinajstić information content (AvgIpc) is 3.68. The van der Waals surface area contributed by atoms with Crippen molar-refractivity contribution in [3.63, 3.8) is 0 Å². The van der Waals surface area contributed by atoms with E-state index in [0.717, 1.165) is 47.4 Å². The molecule has 46 heavy (non-hydrogen) atoms. The Morgan fingerprint density at radius 1 is 0.978 bits per heavy atom. The highest BCUT2D eigenvalue weighted by atomic mass is 19.1. The average molecular weight is 631 g/mol. The van der Waals surface area contributed by atoms with E-state index in [0.29, 0.717) is 34.8 Å². The summed E-state index contributed by atoms with van der Waals surface area (Å²) in [4.78, 5) is 32.5. The molecule has 0 aliphatic carbocycles. The van der Waals surface area contributed by atoms with Gasteiger partial charge in [0.05, 0.1) is 24.9 Å². The van der Waals surface area contributed by atoms with Crippen LogP contribution in [0.25, 0.3) is 16.6 Å². The number of fused-ring (bicyclic) bond motifs is 1. The summed E-state index contributed by atoms with van der Waals surface area (Å²) >= 11 is 0. The summed E-state index contributed by atoms with van der Waals surface area (Å²) in [5.74, 6) is -0.995. The van der Waals surface area contributed by atoms with Gasteiger partial charge in [-0.25, -0.2) is 13.6 Å². The first kappa shape index (κ1) is 30.7. The summed E-state index contributed by atoms with van der Waals surface area (Å²) in [6.45, 7) is 3.80. The number of nitrogens with zero attached hydrogens (tertiary/aromatic N) is 5. The standard InChI is InChI=1S/C33H32F2N6O5/c1-39-31(38-41(33(39)43)23-8-5-7-21(34)17-23)32(42)37-22-9-10-28(25(35)18-22)46-27-11-12-36-26-20-30(29(44-2)19-24(26)27)45-16-6-15-40-13-3-4-14-40/h5,7-12,17-20H,3-4,6,13-16H2,1-2H3,(H,37,42). The van der Waals surface area contributed by atoms with Crippen molar-refractivity contribution in [1.29, 1.82) is 0 Å². The minimum atomic E-state index is -0.760. The van der Waals surface area contributed by atoms with Gasteiger partial charge in [0, 0.05) is 43.0 Å². The molecule has 1 amide bonds. The van der Waals surface area contributed by atoms with E-state index in [1.807, 2.05) is 0 Å². The molecule has 1 aliphatic rings. The summed E-state index contributed by atoms with van der Waals surface area (Å²) in [5.41, 5.74) is 0.198. The number of halogens is 2. The molecule has 3 heterocycles. The number of aromatic nitrogens is 4. The van der Waals surface area contributed by atoms with Crippen molar-refractivity contribution in [2.75, 3.05) is 38.7 Å². The number of amides is 1. The van der Waals surface area contributed by atoms with Crippen molar-refractivity contribution in [1.82, 2.24) is 24.2 Å². The van der Waals surface area contributed by atoms with Crippen LogP contribution in [-0.2, 0) is 7.05 Å². The third-order valence-corrected chi connectivity index (χ3v) is 7.71. The van der Waals surface area contributed by atoms with E-state index in [1.165, 1.54) is 50.2 Å². The number of hydrogen-bond acceptors (Lipinski definition) is 8. The fourth-order valence-corrected chi connectivity index (χ4v) is 5.34. The second-order valence-corrected chi connectivity index (χ2v) is 10.8. The lowest BCUT2D eigenvalue weighted by Crippen LogP contribution is -2.24. The molecule has 238 valence electrons. The van der Waals surface area contributed by atoms with Crippen LogP contribution in [0.3, 0.4) is 0 Å². The van der Waals surface area contributed by atoms with Crippen LogP contribution in [0.4, 0.5) is 14.5 Å². The van der Waals surface area contributed by atoms with Crippen LogP contribution in [0.5, 0.6) is 23.0 Å². The minimum Gasteiger partial charge on any atom is -0.493 e. The maximum absolute atomic E-state index is 15.2. The Morgan fingerprint density at radius 3 is 2.57 bits per heavy atom. The number of benzene rings is 3. The van der Waals surface area contributed by atoms with Gasteiger partial charge in [0.2, 0.25) is 5.82 Å². The van der Waals surface area contributed by atoms with Crippen LogP contribution < -0.4 is 25.2 Å². The molecule has 0 unspecified atom stereocenters. The molecule has 0 saturated carbocycles. The number of hydrogen-bond donors (Lipinski definition) is 1. The molecule has 0 spiro atoms. The van der Waals surface area contributed by atoms with Gasteiger partial charge in [-0.3, -0.25) is 14.3 Å². The molecule has 2 aromatic heterocycles. The third-order valence-electron chi connectivity index (χ3n) is 7.71. The lowest BCUT2D eigenvalue weighted by atomic mass is 10.1. The van der Waals surface area contributed by atoms with Gasteiger partial charge in [-0.1, -0.05) is 6.07 Å². The van der Waals surface area contributed by atoms with Crippen molar-refractivity contribution in [3.05, 3.63) is 94.8 Å². The van der Waals surface area contributed by atoms with E-state index in [4.69, 9.17) is 14.2 Å². The van der Waals surface area contributed by atoms with Gasteiger partial charge in [-0.2, -0.15) is 4.68 Å². The molecule has 1 aliphatic heterocycles. The molecule has 0 atom stereocenters.